The second-order valence-electron chi connectivity index (χ2n) is 6.52. The van der Waals surface area contributed by atoms with Crippen LogP contribution in [0.15, 0.2) is 12.6 Å². The Morgan fingerprint density at radius 1 is 0.913 bits per heavy atom. The van der Waals surface area contributed by atoms with Crippen LogP contribution in [0.3, 0.4) is 0 Å². The minimum atomic E-state index is 0.194. The average molecular weight is 315 g/mol. The molecule has 0 radical (unpaired) electrons. The first kappa shape index (κ1) is 19.7. The van der Waals surface area contributed by atoms with Gasteiger partial charge in [0, 0.05) is 5.56 Å². The fourth-order valence-electron chi connectivity index (χ4n) is 3.29. The number of hydrogen-bond donors (Lipinski definition) is 0. The minimum Gasteiger partial charge on any atom is -0.295 e. The normalized spacial score (nSPS) is 10.8. The molecule has 0 heterocycles. The minimum absolute atomic E-state index is 0.194. The van der Waals surface area contributed by atoms with E-state index in [1.165, 1.54) is 47.9 Å². The highest BCUT2D eigenvalue weighted by molar-refractivity contribution is 5.97. The van der Waals surface area contributed by atoms with Crippen LogP contribution in [0.4, 0.5) is 0 Å². The van der Waals surface area contributed by atoms with Gasteiger partial charge in [0.05, 0.1) is 0 Å². The molecule has 0 saturated heterocycles. The summed E-state index contributed by atoms with van der Waals surface area (Å²) >= 11 is 0. The van der Waals surface area contributed by atoms with E-state index in [0.29, 0.717) is 0 Å². The first-order chi connectivity index (χ1) is 11.1. The molecule has 128 valence electrons. The smallest absolute Gasteiger partial charge is 0.160 e. The van der Waals surface area contributed by atoms with Crippen molar-refractivity contribution >= 4 is 11.9 Å². The second kappa shape index (κ2) is 10.4. The molecule has 1 aromatic carbocycles. The Hall–Kier alpha value is -1.37. The Morgan fingerprint density at radius 2 is 1.39 bits per heavy atom. The Morgan fingerprint density at radius 3 is 1.83 bits per heavy atom. The Kier molecular flexibility index (Phi) is 8.91. The van der Waals surface area contributed by atoms with Gasteiger partial charge < -0.3 is 0 Å². The summed E-state index contributed by atoms with van der Waals surface area (Å²) < 4.78 is 0. The highest BCUT2D eigenvalue weighted by Crippen LogP contribution is 2.29. The molecule has 0 aliphatic carbocycles. The number of ketones is 1. The molecule has 0 aliphatic rings. The first-order valence-electron chi connectivity index (χ1n) is 9.41. The molecule has 0 spiro atoms. The van der Waals surface area contributed by atoms with Crippen LogP contribution in [0.2, 0.25) is 0 Å². The third-order valence-corrected chi connectivity index (χ3v) is 4.64. The van der Waals surface area contributed by atoms with E-state index >= 15 is 0 Å². The van der Waals surface area contributed by atoms with E-state index in [9.17, 15) is 4.79 Å². The van der Waals surface area contributed by atoms with Gasteiger partial charge in [0.15, 0.2) is 5.78 Å². The van der Waals surface area contributed by atoms with Crippen molar-refractivity contribution in [2.75, 3.05) is 0 Å². The molecule has 0 bridgehead atoms. The van der Waals surface area contributed by atoms with Crippen LogP contribution < -0.4 is 0 Å². The summed E-state index contributed by atoms with van der Waals surface area (Å²) in [5.74, 6) is 0.194. The van der Waals surface area contributed by atoms with Crippen LogP contribution in [-0.2, 0) is 19.3 Å². The summed E-state index contributed by atoms with van der Waals surface area (Å²) in [5, 5.41) is 0. The summed E-state index contributed by atoms with van der Waals surface area (Å²) in [4.78, 5) is 12.2. The van der Waals surface area contributed by atoms with Crippen LogP contribution in [0.25, 0.3) is 6.08 Å². The maximum absolute atomic E-state index is 12.2. The zero-order valence-corrected chi connectivity index (χ0v) is 15.6. The van der Waals surface area contributed by atoms with E-state index in [0.717, 1.165) is 37.7 Å². The summed E-state index contributed by atoms with van der Waals surface area (Å²) in [6.07, 6.45) is 12.3. The molecule has 0 amide bonds. The largest absolute Gasteiger partial charge is 0.295 e. The quantitative estimate of drug-likeness (QED) is 0.423. The lowest BCUT2D eigenvalue weighted by molar-refractivity contribution is 0.101. The number of unbranched alkanes of at least 4 members (excludes halogenated alkanes) is 3. The lowest BCUT2D eigenvalue weighted by atomic mass is 9.83. The van der Waals surface area contributed by atoms with Crippen molar-refractivity contribution in [2.45, 2.75) is 85.5 Å². The monoisotopic (exact) mass is 314 g/mol. The van der Waals surface area contributed by atoms with Crippen molar-refractivity contribution in [3.63, 3.8) is 0 Å². The highest BCUT2D eigenvalue weighted by Gasteiger charge is 2.18. The molecule has 0 aliphatic heterocycles. The van der Waals surface area contributed by atoms with E-state index in [4.69, 9.17) is 0 Å². The van der Waals surface area contributed by atoms with Gasteiger partial charge in [-0.2, -0.15) is 0 Å². The van der Waals surface area contributed by atoms with Crippen LogP contribution in [0.5, 0.6) is 0 Å². The molecule has 0 N–H and O–H groups in total. The lowest BCUT2D eigenvalue weighted by Gasteiger charge is -2.21. The molecule has 0 unspecified atom stereocenters. The van der Waals surface area contributed by atoms with Crippen molar-refractivity contribution in [2.24, 2.45) is 0 Å². The zero-order valence-electron chi connectivity index (χ0n) is 15.6. The van der Waals surface area contributed by atoms with E-state index in [-0.39, 0.29) is 5.78 Å². The number of carbonyl (C=O) groups is 1. The van der Waals surface area contributed by atoms with Gasteiger partial charge in [-0.3, -0.25) is 4.79 Å². The summed E-state index contributed by atoms with van der Waals surface area (Å²) in [5.41, 5.74) is 6.34. The summed E-state index contributed by atoms with van der Waals surface area (Å²) in [6, 6.07) is 2.10. The Balaban J connectivity index is 3.50. The third-order valence-electron chi connectivity index (χ3n) is 4.64. The van der Waals surface area contributed by atoms with Gasteiger partial charge in [-0.25, -0.2) is 0 Å². The number of carbonyl (C=O) groups excluding carboxylic acids is 1. The molecule has 1 aromatic rings. The third kappa shape index (κ3) is 5.34. The molecule has 0 saturated carbocycles. The molecule has 1 rings (SSSR count). The number of Topliss-reactive ketones (excluding diaryl/α,β-unsaturated/α-hetero) is 1. The van der Waals surface area contributed by atoms with Crippen molar-refractivity contribution in [3.8, 4) is 0 Å². The van der Waals surface area contributed by atoms with Crippen LogP contribution >= 0.6 is 0 Å². The number of benzene rings is 1. The van der Waals surface area contributed by atoms with Gasteiger partial charge in [0.25, 0.3) is 0 Å². The summed E-state index contributed by atoms with van der Waals surface area (Å²) in [7, 11) is 0. The molecule has 1 nitrogen and oxygen atoms in total. The van der Waals surface area contributed by atoms with Crippen molar-refractivity contribution in [1.29, 1.82) is 0 Å². The predicted octanol–water partition coefficient (Wildman–Crippen LogP) is 6.56. The fraction of sp³-hybridized carbons (Fsp3) is 0.591. The van der Waals surface area contributed by atoms with Crippen molar-refractivity contribution < 1.29 is 4.79 Å². The van der Waals surface area contributed by atoms with E-state index in [1.54, 1.807) is 6.92 Å². The van der Waals surface area contributed by atoms with Gasteiger partial charge in [-0.05, 0) is 73.8 Å². The molecule has 1 heteroatoms. The highest BCUT2D eigenvalue weighted by atomic mass is 16.1. The Bertz CT molecular complexity index is 525. The van der Waals surface area contributed by atoms with Crippen molar-refractivity contribution in [1.82, 2.24) is 0 Å². The standard InChI is InChI=1S/C22H34O/c1-6-10-13-19-18(9-4)16-22(17(5)23)21(15-12-8-3)20(19)14-11-7-2/h9,16H,4,6-8,10-15H2,1-3,5H3. The molecular formula is C22H34O. The molecule has 0 fully saturated rings. The van der Waals surface area contributed by atoms with E-state index in [1.807, 2.05) is 6.08 Å². The molecule has 0 atom stereocenters. The molecule has 23 heavy (non-hydrogen) atoms. The van der Waals surface area contributed by atoms with Crippen LogP contribution in [0, 0.1) is 0 Å². The number of rotatable bonds is 11. The van der Waals surface area contributed by atoms with Gasteiger partial charge in [0.1, 0.15) is 0 Å². The first-order valence-corrected chi connectivity index (χ1v) is 9.41. The van der Waals surface area contributed by atoms with Gasteiger partial charge >= 0.3 is 0 Å². The van der Waals surface area contributed by atoms with E-state index < -0.39 is 0 Å². The maximum Gasteiger partial charge on any atom is 0.160 e. The fourth-order valence-corrected chi connectivity index (χ4v) is 3.29. The van der Waals surface area contributed by atoms with Gasteiger partial charge in [-0.15, -0.1) is 0 Å². The SMILES string of the molecule is C=Cc1cc(C(C)=O)c(CCCC)c(CCCC)c1CCCC. The lowest BCUT2D eigenvalue weighted by Crippen LogP contribution is -2.10. The average Bonchev–Trinajstić information content (AvgIpc) is 2.55. The number of hydrogen-bond acceptors (Lipinski definition) is 1. The van der Waals surface area contributed by atoms with Gasteiger partial charge in [-0.1, -0.05) is 52.7 Å². The molecular weight excluding hydrogens is 280 g/mol. The van der Waals surface area contributed by atoms with E-state index in [2.05, 4.69) is 33.4 Å². The van der Waals surface area contributed by atoms with Gasteiger partial charge in [0.2, 0.25) is 0 Å². The van der Waals surface area contributed by atoms with Crippen LogP contribution in [0.1, 0.15) is 98.8 Å². The van der Waals surface area contributed by atoms with Crippen molar-refractivity contribution in [3.05, 3.63) is 40.5 Å². The second-order valence-corrected chi connectivity index (χ2v) is 6.52. The Labute approximate surface area is 143 Å². The van der Waals surface area contributed by atoms with Crippen LogP contribution in [-0.4, -0.2) is 5.78 Å². The zero-order chi connectivity index (χ0) is 17.2. The maximum atomic E-state index is 12.2. The predicted molar refractivity (Wildman–Crippen MR) is 102 cm³/mol. The summed E-state index contributed by atoms with van der Waals surface area (Å²) in [6.45, 7) is 12.4. The molecule has 0 aromatic heterocycles. The topological polar surface area (TPSA) is 17.1 Å².